The summed E-state index contributed by atoms with van der Waals surface area (Å²) < 4.78 is 10.8. The van der Waals surface area contributed by atoms with Gasteiger partial charge in [-0.25, -0.2) is 4.79 Å². The van der Waals surface area contributed by atoms with E-state index in [4.69, 9.17) is 9.47 Å². The van der Waals surface area contributed by atoms with Crippen molar-refractivity contribution in [1.29, 1.82) is 0 Å². The van der Waals surface area contributed by atoms with Crippen LogP contribution in [0.5, 0.6) is 5.75 Å². The second kappa shape index (κ2) is 6.39. The highest BCUT2D eigenvalue weighted by Gasteiger charge is 2.53. The monoisotopic (exact) mass is 358 g/mol. The lowest BCUT2D eigenvalue weighted by Crippen LogP contribution is -2.48. The highest BCUT2D eigenvalue weighted by Crippen LogP contribution is 2.39. The van der Waals surface area contributed by atoms with Gasteiger partial charge in [0, 0.05) is 31.6 Å². The average molecular weight is 358 g/mol. The van der Waals surface area contributed by atoms with E-state index in [1.54, 1.807) is 7.11 Å². The van der Waals surface area contributed by atoms with Gasteiger partial charge in [0.05, 0.1) is 7.11 Å². The summed E-state index contributed by atoms with van der Waals surface area (Å²) in [5.41, 5.74) is 0.694. The maximum absolute atomic E-state index is 12.8. The van der Waals surface area contributed by atoms with Gasteiger partial charge in [-0.2, -0.15) is 0 Å². The summed E-state index contributed by atoms with van der Waals surface area (Å²) in [6.45, 7) is 1.43. The third-order valence-corrected chi connectivity index (χ3v) is 5.81. The number of fused-ring (bicyclic) bond motifs is 1. The van der Waals surface area contributed by atoms with Gasteiger partial charge in [-0.05, 0) is 37.0 Å². The van der Waals surface area contributed by atoms with Crippen molar-refractivity contribution in [3.63, 3.8) is 0 Å². The minimum absolute atomic E-state index is 0.249. The number of methoxy groups -OCH3 is 1. The van der Waals surface area contributed by atoms with Crippen LogP contribution in [0.1, 0.15) is 31.2 Å². The topological polar surface area (TPSA) is 76.2 Å². The quantitative estimate of drug-likeness (QED) is 0.766. The number of ether oxygens (including phenoxy) is 2. The minimum atomic E-state index is -0.609. The molecular weight excluding hydrogens is 336 g/mol. The first kappa shape index (κ1) is 17.0. The molecule has 3 heterocycles. The number of rotatable bonds is 4. The fraction of sp³-hybridized carbons (Fsp3) is 0.526. The molecule has 0 aliphatic carbocycles. The predicted molar refractivity (Wildman–Crippen MR) is 91.7 cm³/mol. The Kier molecular flexibility index (Phi) is 4.19. The molecule has 3 aliphatic rings. The second-order valence-corrected chi connectivity index (χ2v) is 7.15. The highest BCUT2D eigenvalue weighted by atomic mass is 16.5. The van der Waals surface area contributed by atoms with Gasteiger partial charge in [0.1, 0.15) is 11.8 Å². The molecule has 1 atom stereocenters. The molecule has 0 N–H and O–H groups in total. The fourth-order valence-corrected chi connectivity index (χ4v) is 4.25. The Balaban J connectivity index is 1.64. The van der Waals surface area contributed by atoms with Crippen molar-refractivity contribution < 1.29 is 23.9 Å². The molecule has 0 spiro atoms. The highest BCUT2D eigenvalue weighted by molar-refractivity contribution is 6.13. The van der Waals surface area contributed by atoms with Crippen LogP contribution >= 0.6 is 0 Å². The summed E-state index contributed by atoms with van der Waals surface area (Å²) in [4.78, 5) is 39.8. The number of imide groups is 2. The van der Waals surface area contributed by atoms with Gasteiger partial charge in [0.2, 0.25) is 5.91 Å². The number of amides is 4. The maximum atomic E-state index is 12.8. The molecule has 4 amide bonds. The van der Waals surface area contributed by atoms with Crippen molar-refractivity contribution in [2.45, 2.75) is 37.1 Å². The molecule has 7 nitrogen and oxygen atoms in total. The molecule has 3 fully saturated rings. The lowest BCUT2D eigenvalue weighted by atomic mass is 9.73. The Morgan fingerprint density at radius 2 is 1.85 bits per heavy atom. The van der Waals surface area contributed by atoms with Gasteiger partial charge < -0.3 is 9.47 Å². The molecule has 3 saturated heterocycles. The number of benzene rings is 1. The minimum Gasteiger partial charge on any atom is -0.497 e. The van der Waals surface area contributed by atoms with Crippen molar-refractivity contribution in [1.82, 2.24) is 9.80 Å². The smallest absolute Gasteiger partial charge is 0.334 e. The second-order valence-electron chi connectivity index (χ2n) is 7.15. The standard InChI is InChI=1S/C19H22N2O5/c1-25-14-4-2-13(3-5-14)19(8-10-26-11-9-19)12-20-17(23)15-6-7-16(22)21(15)18(20)24/h2-5,15H,6-12H2,1H3/t15-/m0/s1. The molecule has 4 rings (SSSR count). The first-order chi connectivity index (χ1) is 12.6. The molecule has 0 bridgehead atoms. The van der Waals surface area contributed by atoms with Crippen LogP contribution in [0.4, 0.5) is 4.79 Å². The number of carbonyl (C=O) groups excluding carboxylic acids is 3. The first-order valence-corrected chi connectivity index (χ1v) is 8.95. The predicted octanol–water partition coefficient (Wildman–Crippen LogP) is 1.70. The largest absolute Gasteiger partial charge is 0.497 e. The summed E-state index contributed by atoms with van der Waals surface area (Å²) in [6, 6.07) is 6.68. The Morgan fingerprint density at radius 3 is 2.46 bits per heavy atom. The fourth-order valence-electron chi connectivity index (χ4n) is 4.25. The van der Waals surface area contributed by atoms with Crippen LogP contribution in [0.15, 0.2) is 24.3 Å². The van der Waals surface area contributed by atoms with E-state index in [0.29, 0.717) is 19.6 Å². The third kappa shape index (κ3) is 2.58. The average Bonchev–Trinajstić information content (AvgIpc) is 3.17. The summed E-state index contributed by atoms with van der Waals surface area (Å²) in [6.07, 6.45) is 2.13. The van der Waals surface area contributed by atoms with E-state index in [9.17, 15) is 14.4 Å². The van der Waals surface area contributed by atoms with Gasteiger partial charge in [-0.1, -0.05) is 12.1 Å². The van der Waals surface area contributed by atoms with Crippen LogP contribution in [0.2, 0.25) is 0 Å². The van der Waals surface area contributed by atoms with Crippen molar-refractivity contribution in [2.75, 3.05) is 26.9 Å². The molecule has 7 heteroatoms. The summed E-state index contributed by atoms with van der Waals surface area (Å²) in [7, 11) is 1.62. The molecule has 0 aromatic heterocycles. The Bertz CT molecular complexity index is 739. The lowest BCUT2D eigenvalue weighted by Gasteiger charge is -2.39. The number of nitrogens with zero attached hydrogens (tertiary/aromatic N) is 2. The van der Waals surface area contributed by atoms with Gasteiger partial charge in [-0.3, -0.25) is 19.4 Å². The summed E-state index contributed by atoms with van der Waals surface area (Å²) in [5, 5.41) is 0. The van der Waals surface area contributed by atoms with Crippen molar-refractivity contribution in [3.8, 4) is 5.75 Å². The number of carbonyl (C=O) groups is 3. The van der Waals surface area contributed by atoms with Crippen LogP contribution in [-0.2, 0) is 19.7 Å². The van der Waals surface area contributed by atoms with E-state index in [0.717, 1.165) is 29.1 Å². The van der Waals surface area contributed by atoms with Crippen LogP contribution in [0, 0.1) is 0 Å². The van der Waals surface area contributed by atoms with Crippen LogP contribution in [-0.4, -0.2) is 60.6 Å². The van der Waals surface area contributed by atoms with E-state index < -0.39 is 12.1 Å². The van der Waals surface area contributed by atoms with Gasteiger partial charge in [0.15, 0.2) is 0 Å². The summed E-state index contributed by atoms with van der Waals surface area (Å²) in [5.74, 6) is 0.261. The Labute approximate surface area is 151 Å². The number of hydrogen-bond donors (Lipinski definition) is 0. The van der Waals surface area contributed by atoms with Crippen molar-refractivity contribution in [3.05, 3.63) is 29.8 Å². The Morgan fingerprint density at radius 1 is 1.15 bits per heavy atom. The zero-order chi connectivity index (χ0) is 18.3. The lowest BCUT2D eigenvalue weighted by molar-refractivity contribution is -0.131. The molecule has 1 aromatic carbocycles. The normalized spacial score (nSPS) is 25.0. The zero-order valence-electron chi connectivity index (χ0n) is 14.8. The van der Waals surface area contributed by atoms with E-state index in [1.807, 2.05) is 24.3 Å². The van der Waals surface area contributed by atoms with Gasteiger partial charge in [-0.15, -0.1) is 0 Å². The van der Waals surface area contributed by atoms with E-state index in [2.05, 4.69) is 0 Å². The van der Waals surface area contributed by atoms with E-state index in [-0.39, 0.29) is 30.2 Å². The van der Waals surface area contributed by atoms with E-state index in [1.165, 1.54) is 4.90 Å². The van der Waals surface area contributed by atoms with Crippen LogP contribution in [0.3, 0.4) is 0 Å². The SMILES string of the molecule is COc1ccc(C2(CN3C(=O)[C@@H]4CCC(=O)N4C3=O)CCOCC2)cc1. The molecular formula is C19H22N2O5. The molecule has 0 saturated carbocycles. The summed E-state index contributed by atoms with van der Waals surface area (Å²) >= 11 is 0. The third-order valence-electron chi connectivity index (χ3n) is 5.81. The molecule has 138 valence electrons. The number of urea groups is 1. The molecule has 0 unspecified atom stereocenters. The van der Waals surface area contributed by atoms with Crippen molar-refractivity contribution in [2.24, 2.45) is 0 Å². The first-order valence-electron chi connectivity index (χ1n) is 8.95. The van der Waals surface area contributed by atoms with Gasteiger partial charge in [0.25, 0.3) is 5.91 Å². The maximum Gasteiger partial charge on any atom is 0.334 e. The number of hydrogen-bond acceptors (Lipinski definition) is 5. The van der Waals surface area contributed by atoms with Crippen molar-refractivity contribution >= 4 is 17.8 Å². The molecule has 1 aromatic rings. The molecule has 3 aliphatic heterocycles. The zero-order valence-corrected chi connectivity index (χ0v) is 14.8. The molecule has 0 radical (unpaired) electrons. The van der Waals surface area contributed by atoms with Crippen LogP contribution < -0.4 is 4.74 Å². The van der Waals surface area contributed by atoms with Gasteiger partial charge >= 0.3 is 6.03 Å². The van der Waals surface area contributed by atoms with Crippen LogP contribution in [0.25, 0.3) is 0 Å². The Hall–Kier alpha value is -2.41. The molecule has 26 heavy (non-hydrogen) atoms. The van der Waals surface area contributed by atoms with E-state index >= 15 is 0 Å².